The number of carbonyl (C=O) groups excluding carboxylic acids is 2. The summed E-state index contributed by atoms with van der Waals surface area (Å²) < 4.78 is 0. The van der Waals surface area contributed by atoms with Gasteiger partial charge in [0.1, 0.15) is 0 Å². The lowest BCUT2D eigenvalue weighted by molar-refractivity contribution is 0.101. The Morgan fingerprint density at radius 1 is 0.615 bits per heavy atom. The van der Waals surface area contributed by atoms with Crippen molar-refractivity contribution < 1.29 is 9.59 Å². The van der Waals surface area contributed by atoms with E-state index in [2.05, 4.69) is 10.6 Å². The van der Waals surface area contributed by atoms with Gasteiger partial charge in [0, 0.05) is 33.9 Å². The van der Waals surface area contributed by atoms with Crippen molar-refractivity contribution in [3.63, 3.8) is 0 Å². The molecular weight excluding hydrogens is 324 g/mol. The van der Waals surface area contributed by atoms with Gasteiger partial charge in [-0.25, -0.2) is 0 Å². The number of hydrogen-bond donors (Lipinski definition) is 2. The molecule has 3 rings (SSSR count). The number of ketones is 2. The van der Waals surface area contributed by atoms with Crippen LogP contribution in [0, 0.1) is 0 Å². The first-order valence-corrected chi connectivity index (χ1v) is 8.38. The number of nitrogens with one attached hydrogen (secondary N) is 2. The second kappa shape index (κ2) is 7.66. The maximum atomic E-state index is 11.8. The summed E-state index contributed by atoms with van der Waals surface area (Å²) in [7, 11) is 0. The minimum atomic E-state index is 0.0118. The molecule has 0 heterocycles. The van der Waals surface area contributed by atoms with E-state index in [1.807, 2.05) is 60.7 Å². The molecule has 0 bridgehead atoms. The Kier molecular flexibility index (Phi) is 5.13. The Labute approximate surface area is 152 Å². The monoisotopic (exact) mass is 344 g/mol. The van der Waals surface area contributed by atoms with Gasteiger partial charge in [-0.05, 0) is 56.3 Å². The maximum Gasteiger partial charge on any atom is 0.161 e. The zero-order chi connectivity index (χ0) is 18.5. The van der Waals surface area contributed by atoms with Crippen LogP contribution in [0.1, 0.15) is 34.6 Å². The standard InChI is InChI=1S/C22H20N2O2/c1-15(25)19-10-3-5-12-21(19)23-17-8-7-9-18(14-17)24-22-13-6-4-11-20(22)16(2)26/h3-14,23-24H,1-2H3. The first-order valence-electron chi connectivity index (χ1n) is 8.38. The van der Waals surface area contributed by atoms with E-state index in [0.29, 0.717) is 11.1 Å². The molecule has 0 amide bonds. The molecular formula is C22H20N2O2. The van der Waals surface area contributed by atoms with Gasteiger partial charge in [0.05, 0.1) is 0 Å². The number of para-hydroxylation sites is 2. The average Bonchev–Trinajstić information content (AvgIpc) is 2.62. The second-order valence-electron chi connectivity index (χ2n) is 6.03. The van der Waals surface area contributed by atoms with Crippen LogP contribution in [0.2, 0.25) is 0 Å². The molecule has 0 aliphatic heterocycles. The molecule has 3 aromatic carbocycles. The van der Waals surface area contributed by atoms with E-state index in [4.69, 9.17) is 0 Å². The van der Waals surface area contributed by atoms with Crippen molar-refractivity contribution in [3.8, 4) is 0 Å². The van der Waals surface area contributed by atoms with E-state index < -0.39 is 0 Å². The van der Waals surface area contributed by atoms with Crippen LogP contribution in [0.3, 0.4) is 0 Å². The van der Waals surface area contributed by atoms with Crippen LogP contribution in [-0.2, 0) is 0 Å². The van der Waals surface area contributed by atoms with Gasteiger partial charge in [0.15, 0.2) is 11.6 Å². The summed E-state index contributed by atoms with van der Waals surface area (Å²) in [6, 6.07) is 22.5. The van der Waals surface area contributed by atoms with Gasteiger partial charge in [0.25, 0.3) is 0 Å². The topological polar surface area (TPSA) is 58.2 Å². The average molecular weight is 344 g/mol. The fraction of sp³-hybridized carbons (Fsp3) is 0.0909. The lowest BCUT2D eigenvalue weighted by Gasteiger charge is -2.13. The highest BCUT2D eigenvalue weighted by Crippen LogP contribution is 2.26. The van der Waals surface area contributed by atoms with Gasteiger partial charge in [-0.15, -0.1) is 0 Å². The zero-order valence-electron chi connectivity index (χ0n) is 14.7. The molecule has 0 saturated carbocycles. The van der Waals surface area contributed by atoms with Gasteiger partial charge in [-0.1, -0.05) is 30.3 Å². The number of carbonyl (C=O) groups is 2. The Bertz CT molecular complexity index is 889. The second-order valence-corrected chi connectivity index (χ2v) is 6.03. The summed E-state index contributed by atoms with van der Waals surface area (Å²) in [6.45, 7) is 3.11. The van der Waals surface area contributed by atoms with Crippen LogP contribution >= 0.6 is 0 Å². The van der Waals surface area contributed by atoms with Crippen molar-refractivity contribution in [3.05, 3.63) is 83.9 Å². The SMILES string of the molecule is CC(=O)c1ccccc1Nc1cccc(Nc2ccccc2C(C)=O)c1. The smallest absolute Gasteiger partial charge is 0.161 e. The van der Waals surface area contributed by atoms with Crippen LogP contribution in [0.5, 0.6) is 0 Å². The highest BCUT2D eigenvalue weighted by atomic mass is 16.1. The third kappa shape index (κ3) is 3.98. The summed E-state index contributed by atoms with van der Waals surface area (Å²) in [5.74, 6) is 0.0236. The molecule has 2 N–H and O–H groups in total. The number of rotatable bonds is 6. The predicted molar refractivity (Wildman–Crippen MR) is 106 cm³/mol. The minimum absolute atomic E-state index is 0.0118. The van der Waals surface area contributed by atoms with Crippen molar-refractivity contribution in [1.82, 2.24) is 0 Å². The van der Waals surface area contributed by atoms with Crippen LogP contribution in [0.25, 0.3) is 0 Å². The normalized spacial score (nSPS) is 10.2. The van der Waals surface area contributed by atoms with Crippen molar-refractivity contribution in [1.29, 1.82) is 0 Å². The molecule has 0 fully saturated rings. The molecule has 0 atom stereocenters. The molecule has 4 heteroatoms. The number of Topliss-reactive ketones (excluding diaryl/α,β-unsaturated/α-hetero) is 2. The lowest BCUT2D eigenvalue weighted by Crippen LogP contribution is -2.02. The quantitative estimate of drug-likeness (QED) is 0.573. The fourth-order valence-corrected chi connectivity index (χ4v) is 2.78. The van der Waals surface area contributed by atoms with Gasteiger partial charge in [-0.2, -0.15) is 0 Å². The molecule has 26 heavy (non-hydrogen) atoms. The molecule has 0 unspecified atom stereocenters. The first kappa shape index (κ1) is 17.4. The molecule has 0 saturated heterocycles. The van der Waals surface area contributed by atoms with Crippen molar-refractivity contribution in [2.45, 2.75) is 13.8 Å². The van der Waals surface area contributed by atoms with Crippen LogP contribution in [0.15, 0.2) is 72.8 Å². The van der Waals surface area contributed by atoms with Crippen LogP contribution in [0.4, 0.5) is 22.7 Å². The highest BCUT2D eigenvalue weighted by Gasteiger charge is 2.08. The van der Waals surface area contributed by atoms with Crippen LogP contribution < -0.4 is 10.6 Å². The van der Waals surface area contributed by atoms with Crippen molar-refractivity contribution in [2.75, 3.05) is 10.6 Å². The summed E-state index contributed by atoms with van der Waals surface area (Å²) >= 11 is 0. The molecule has 0 spiro atoms. The Hall–Kier alpha value is -3.40. The first-order chi connectivity index (χ1) is 12.5. The fourth-order valence-electron chi connectivity index (χ4n) is 2.78. The van der Waals surface area contributed by atoms with E-state index in [0.717, 1.165) is 22.7 Å². The lowest BCUT2D eigenvalue weighted by atomic mass is 10.1. The molecule has 130 valence electrons. The van der Waals surface area contributed by atoms with Crippen molar-refractivity contribution in [2.24, 2.45) is 0 Å². The molecule has 0 radical (unpaired) electrons. The van der Waals surface area contributed by atoms with Gasteiger partial charge in [-0.3, -0.25) is 9.59 Å². The van der Waals surface area contributed by atoms with Gasteiger partial charge >= 0.3 is 0 Å². The van der Waals surface area contributed by atoms with Gasteiger partial charge < -0.3 is 10.6 Å². The Morgan fingerprint density at radius 2 is 1.04 bits per heavy atom. The van der Waals surface area contributed by atoms with E-state index in [9.17, 15) is 9.59 Å². The van der Waals surface area contributed by atoms with Gasteiger partial charge in [0.2, 0.25) is 0 Å². The van der Waals surface area contributed by atoms with E-state index >= 15 is 0 Å². The van der Waals surface area contributed by atoms with E-state index in [1.165, 1.54) is 0 Å². The largest absolute Gasteiger partial charge is 0.355 e. The minimum Gasteiger partial charge on any atom is -0.355 e. The summed E-state index contributed by atoms with van der Waals surface area (Å²) in [5.41, 5.74) is 4.52. The maximum absolute atomic E-state index is 11.8. The molecule has 3 aromatic rings. The third-order valence-corrected chi connectivity index (χ3v) is 4.03. The van der Waals surface area contributed by atoms with Crippen molar-refractivity contribution >= 4 is 34.3 Å². The molecule has 0 aromatic heterocycles. The molecule has 4 nitrogen and oxygen atoms in total. The van der Waals surface area contributed by atoms with E-state index in [1.54, 1.807) is 26.0 Å². The summed E-state index contributed by atoms with van der Waals surface area (Å²) in [4.78, 5) is 23.6. The number of anilines is 4. The highest BCUT2D eigenvalue weighted by molar-refractivity contribution is 6.01. The van der Waals surface area contributed by atoms with E-state index in [-0.39, 0.29) is 11.6 Å². The number of benzene rings is 3. The predicted octanol–water partition coefficient (Wildman–Crippen LogP) is 5.58. The summed E-state index contributed by atoms with van der Waals surface area (Å²) in [5, 5.41) is 6.58. The zero-order valence-corrected chi connectivity index (χ0v) is 14.7. The third-order valence-electron chi connectivity index (χ3n) is 4.03. The summed E-state index contributed by atoms with van der Waals surface area (Å²) in [6.07, 6.45) is 0. The Balaban J connectivity index is 1.86. The molecule has 0 aliphatic carbocycles. The van der Waals surface area contributed by atoms with Crippen LogP contribution in [-0.4, -0.2) is 11.6 Å². The Morgan fingerprint density at radius 3 is 1.46 bits per heavy atom. The molecule has 0 aliphatic rings. The number of hydrogen-bond acceptors (Lipinski definition) is 4.